The van der Waals surface area contributed by atoms with E-state index >= 15 is 0 Å². The standard InChI is InChI=1S/C19H21N5O/c1-12-20-16(17-4-2-3-8-24(12)17)11-23-9-7-15-14(10-23)19(25)22-18(21-15)13-5-6-13/h2-4,8,13H,5-7,9-11H2,1H3,(H,21,22,25). The van der Waals surface area contributed by atoms with E-state index in [2.05, 4.69) is 20.4 Å². The normalized spacial score (nSPS) is 17.8. The molecule has 0 amide bonds. The first-order valence-electron chi connectivity index (χ1n) is 8.96. The van der Waals surface area contributed by atoms with Crippen LogP contribution in [0.3, 0.4) is 0 Å². The molecule has 6 nitrogen and oxygen atoms in total. The topological polar surface area (TPSA) is 66.3 Å². The number of hydrogen-bond donors (Lipinski definition) is 1. The van der Waals surface area contributed by atoms with Crippen LogP contribution in [0.5, 0.6) is 0 Å². The molecule has 3 aromatic rings. The SMILES string of the molecule is Cc1nc(CN2CCc3nc(C4CC4)[nH]c(=O)c3C2)c2ccccn12. The summed E-state index contributed by atoms with van der Waals surface area (Å²) in [6.07, 6.45) is 5.19. The molecular formula is C19H21N5O. The van der Waals surface area contributed by atoms with Crippen molar-refractivity contribution in [2.24, 2.45) is 0 Å². The first kappa shape index (κ1) is 14.8. The van der Waals surface area contributed by atoms with Crippen LogP contribution in [-0.4, -0.2) is 30.8 Å². The van der Waals surface area contributed by atoms with Gasteiger partial charge in [0.25, 0.3) is 5.56 Å². The van der Waals surface area contributed by atoms with Crippen molar-refractivity contribution in [3.05, 3.63) is 63.3 Å². The molecule has 4 heterocycles. The number of hydrogen-bond acceptors (Lipinski definition) is 4. The Morgan fingerprint density at radius 2 is 2.16 bits per heavy atom. The molecule has 1 aliphatic heterocycles. The maximum absolute atomic E-state index is 12.5. The molecule has 1 saturated carbocycles. The van der Waals surface area contributed by atoms with E-state index in [9.17, 15) is 4.79 Å². The van der Waals surface area contributed by atoms with Gasteiger partial charge in [-0.2, -0.15) is 0 Å². The molecule has 6 heteroatoms. The first-order valence-corrected chi connectivity index (χ1v) is 8.96. The number of aryl methyl sites for hydroxylation is 1. The Morgan fingerprint density at radius 1 is 1.28 bits per heavy atom. The summed E-state index contributed by atoms with van der Waals surface area (Å²) in [6, 6.07) is 6.16. The fourth-order valence-corrected chi connectivity index (χ4v) is 3.78. The van der Waals surface area contributed by atoms with E-state index in [4.69, 9.17) is 9.97 Å². The second-order valence-corrected chi connectivity index (χ2v) is 7.17. The van der Waals surface area contributed by atoms with Gasteiger partial charge < -0.3 is 9.38 Å². The lowest BCUT2D eigenvalue weighted by Gasteiger charge is -2.27. The second kappa shape index (κ2) is 5.52. The lowest BCUT2D eigenvalue weighted by Crippen LogP contribution is -2.35. The van der Waals surface area contributed by atoms with Crippen LogP contribution in [-0.2, 0) is 19.5 Å². The van der Waals surface area contributed by atoms with Crippen molar-refractivity contribution in [1.29, 1.82) is 0 Å². The highest BCUT2D eigenvalue weighted by atomic mass is 16.1. The third-order valence-corrected chi connectivity index (χ3v) is 5.30. The summed E-state index contributed by atoms with van der Waals surface area (Å²) in [4.78, 5) is 27.2. The molecule has 2 aliphatic rings. The highest BCUT2D eigenvalue weighted by Gasteiger charge is 2.29. The zero-order valence-corrected chi connectivity index (χ0v) is 14.3. The van der Waals surface area contributed by atoms with Gasteiger partial charge in [0.1, 0.15) is 11.6 Å². The highest BCUT2D eigenvalue weighted by Crippen LogP contribution is 2.37. The number of pyridine rings is 1. The van der Waals surface area contributed by atoms with Crippen molar-refractivity contribution in [2.45, 2.75) is 45.2 Å². The van der Waals surface area contributed by atoms with E-state index in [1.807, 2.05) is 25.3 Å². The Hall–Kier alpha value is -2.47. The lowest BCUT2D eigenvalue weighted by molar-refractivity contribution is 0.239. The molecule has 0 atom stereocenters. The molecule has 0 bridgehead atoms. The minimum Gasteiger partial charge on any atom is -0.310 e. The minimum absolute atomic E-state index is 0.0440. The van der Waals surface area contributed by atoms with Crippen LogP contribution in [0.4, 0.5) is 0 Å². The molecule has 0 saturated heterocycles. The van der Waals surface area contributed by atoms with Gasteiger partial charge >= 0.3 is 0 Å². The molecule has 0 aromatic carbocycles. The summed E-state index contributed by atoms with van der Waals surface area (Å²) < 4.78 is 2.11. The maximum Gasteiger partial charge on any atom is 0.255 e. The van der Waals surface area contributed by atoms with Crippen LogP contribution in [0.1, 0.15) is 47.4 Å². The first-order chi connectivity index (χ1) is 12.2. The summed E-state index contributed by atoms with van der Waals surface area (Å²) in [7, 11) is 0. The number of nitrogens with zero attached hydrogens (tertiary/aromatic N) is 4. The van der Waals surface area contributed by atoms with Gasteiger partial charge in [0, 0.05) is 38.2 Å². The molecule has 0 spiro atoms. The average molecular weight is 335 g/mol. The molecule has 25 heavy (non-hydrogen) atoms. The van der Waals surface area contributed by atoms with Gasteiger partial charge in [0.05, 0.1) is 22.5 Å². The second-order valence-electron chi connectivity index (χ2n) is 7.17. The molecule has 1 aliphatic carbocycles. The number of aromatic amines is 1. The number of rotatable bonds is 3. The molecule has 1 fully saturated rings. The fraction of sp³-hybridized carbons (Fsp3) is 0.421. The molecule has 0 unspecified atom stereocenters. The number of fused-ring (bicyclic) bond motifs is 2. The van der Waals surface area contributed by atoms with Crippen LogP contribution >= 0.6 is 0 Å². The molecular weight excluding hydrogens is 314 g/mol. The monoisotopic (exact) mass is 335 g/mol. The van der Waals surface area contributed by atoms with Gasteiger partial charge in [-0.25, -0.2) is 9.97 Å². The molecule has 0 radical (unpaired) electrons. The van der Waals surface area contributed by atoms with Crippen molar-refractivity contribution >= 4 is 5.52 Å². The van der Waals surface area contributed by atoms with Crippen molar-refractivity contribution in [2.75, 3.05) is 6.54 Å². The Kier molecular flexibility index (Phi) is 3.28. The third kappa shape index (κ3) is 2.57. The van der Waals surface area contributed by atoms with Crippen LogP contribution in [0.2, 0.25) is 0 Å². The zero-order chi connectivity index (χ0) is 17.0. The smallest absolute Gasteiger partial charge is 0.255 e. The van der Waals surface area contributed by atoms with Crippen LogP contribution in [0.25, 0.3) is 5.52 Å². The van der Waals surface area contributed by atoms with Gasteiger partial charge in [-0.15, -0.1) is 0 Å². The van der Waals surface area contributed by atoms with Gasteiger partial charge in [-0.1, -0.05) is 6.07 Å². The fourth-order valence-electron chi connectivity index (χ4n) is 3.78. The summed E-state index contributed by atoms with van der Waals surface area (Å²) in [5.74, 6) is 2.38. The zero-order valence-electron chi connectivity index (χ0n) is 14.3. The lowest BCUT2D eigenvalue weighted by atomic mass is 10.1. The van der Waals surface area contributed by atoms with Crippen LogP contribution in [0.15, 0.2) is 29.2 Å². The van der Waals surface area contributed by atoms with Crippen molar-refractivity contribution in [1.82, 2.24) is 24.3 Å². The van der Waals surface area contributed by atoms with Gasteiger partial charge in [-0.05, 0) is 31.9 Å². The maximum atomic E-state index is 12.5. The van der Waals surface area contributed by atoms with E-state index < -0.39 is 0 Å². The van der Waals surface area contributed by atoms with Crippen LogP contribution in [0, 0.1) is 6.92 Å². The highest BCUT2D eigenvalue weighted by molar-refractivity contribution is 5.53. The summed E-state index contributed by atoms with van der Waals surface area (Å²) in [5, 5.41) is 0. The van der Waals surface area contributed by atoms with E-state index in [0.29, 0.717) is 12.5 Å². The quantitative estimate of drug-likeness (QED) is 0.796. The number of H-pyrrole nitrogens is 1. The number of nitrogens with one attached hydrogen (secondary N) is 1. The summed E-state index contributed by atoms with van der Waals surface area (Å²) in [5.41, 5.74) is 4.08. The molecule has 5 rings (SSSR count). The Morgan fingerprint density at radius 3 is 3.00 bits per heavy atom. The summed E-state index contributed by atoms with van der Waals surface area (Å²) in [6.45, 7) is 4.34. The van der Waals surface area contributed by atoms with Crippen LogP contribution < -0.4 is 5.56 Å². The van der Waals surface area contributed by atoms with E-state index in [0.717, 1.165) is 66.5 Å². The van der Waals surface area contributed by atoms with Crippen molar-refractivity contribution in [3.8, 4) is 0 Å². The number of imidazole rings is 1. The molecule has 1 N–H and O–H groups in total. The Labute approximate surface area is 145 Å². The predicted octanol–water partition coefficient (Wildman–Crippen LogP) is 2.16. The van der Waals surface area contributed by atoms with Gasteiger partial charge in [0.2, 0.25) is 0 Å². The summed E-state index contributed by atoms with van der Waals surface area (Å²) >= 11 is 0. The van der Waals surface area contributed by atoms with Crippen molar-refractivity contribution in [3.63, 3.8) is 0 Å². The Balaban J connectivity index is 1.43. The predicted molar refractivity (Wildman–Crippen MR) is 94.6 cm³/mol. The molecule has 128 valence electrons. The Bertz CT molecular complexity index is 1010. The van der Waals surface area contributed by atoms with E-state index in [-0.39, 0.29) is 5.56 Å². The molecule has 3 aromatic heterocycles. The largest absolute Gasteiger partial charge is 0.310 e. The van der Waals surface area contributed by atoms with Gasteiger partial charge in [-0.3, -0.25) is 9.69 Å². The van der Waals surface area contributed by atoms with Crippen molar-refractivity contribution < 1.29 is 0 Å². The third-order valence-electron chi connectivity index (χ3n) is 5.30. The van der Waals surface area contributed by atoms with Gasteiger partial charge in [0.15, 0.2) is 0 Å². The van der Waals surface area contributed by atoms with E-state index in [1.54, 1.807) is 0 Å². The average Bonchev–Trinajstić information content (AvgIpc) is 3.42. The minimum atomic E-state index is 0.0440. The van der Waals surface area contributed by atoms with E-state index in [1.165, 1.54) is 0 Å². The number of aromatic nitrogens is 4.